The SMILES string of the molecule is CCCC(N)CC(=O)N1CCC(O)CC1. The van der Waals surface area contributed by atoms with Crippen LogP contribution < -0.4 is 5.73 Å². The first-order chi connectivity index (χ1) is 7.13. The molecule has 0 radical (unpaired) electrons. The van der Waals surface area contributed by atoms with Crippen LogP contribution >= 0.6 is 0 Å². The van der Waals surface area contributed by atoms with Gasteiger partial charge in [0.25, 0.3) is 0 Å². The highest BCUT2D eigenvalue weighted by molar-refractivity contribution is 5.76. The second-order valence-electron chi connectivity index (χ2n) is 4.36. The molecule has 1 aliphatic heterocycles. The molecular weight excluding hydrogens is 192 g/mol. The van der Waals surface area contributed by atoms with Gasteiger partial charge >= 0.3 is 0 Å². The summed E-state index contributed by atoms with van der Waals surface area (Å²) in [5.74, 6) is 0.142. The van der Waals surface area contributed by atoms with E-state index < -0.39 is 0 Å². The minimum Gasteiger partial charge on any atom is -0.393 e. The quantitative estimate of drug-likeness (QED) is 0.715. The number of nitrogens with zero attached hydrogens (tertiary/aromatic N) is 1. The zero-order valence-electron chi connectivity index (χ0n) is 9.48. The summed E-state index contributed by atoms with van der Waals surface area (Å²) in [5, 5.41) is 9.31. The normalized spacial score (nSPS) is 20.3. The van der Waals surface area contributed by atoms with Crippen LogP contribution in [0.1, 0.15) is 39.0 Å². The highest BCUT2D eigenvalue weighted by atomic mass is 16.3. The number of carbonyl (C=O) groups is 1. The summed E-state index contributed by atoms with van der Waals surface area (Å²) in [5.41, 5.74) is 5.82. The van der Waals surface area contributed by atoms with Crippen molar-refractivity contribution in [3.05, 3.63) is 0 Å². The molecular formula is C11H22N2O2. The summed E-state index contributed by atoms with van der Waals surface area (Å²) in [6.07, 6.45) is 3.56. The average Bonchev–Trinajstić information content (AvgIpc) is 2.18. The van der Waals surface area contributed by atoms with Gasteiger partial charge in [-0.1, -0.05) is 13.3 Å². The van der Waals surface area contributed by atoms with Gasteiger partial charge in [0, 0.05) is 25.6 Å². The molecule has 0 aliphatic carbocycles. The Kier molecular flexibility index (Phi) is 5.05. The molecule has 1 heterocycles. The molecule has 15 heavy (non-hydrogen) atoms. The van der Waals surface area contributed by atoms with Gasteiger partial charge in [0.15, 0.2) is 0 Å². The van der Waals surface area contributed by atoms with Gasteiger partial charge in [0.05, 0.1) is 6.10 Å². The predicted molar refractivity (Wildman–Crippen MR) is 59.3 cm³/mol. The first-order valence-corrected chi connectivity index (χ1v) is 5.85. The Morgan fingerprint density at radius 2 is 2.13 bits per heavy atom. The van der Waals surface area contributed by atoms with Crippen LogP contribution in [0.25, 0.3) is 0 Å². The zero-order valence-corrected chi connectivity index (χ0v) is 9.48. The van der Waals surface area contributed by atoms with E-state index in [2.05, 4.69) is 6.92 Å². The van der Waals surface area contributed by atoms with Crippen molar-refractivity contribution >= 4 is 5.91 Å². The first-order valence-electron chi connectivity index (χ1n) is 5.85. The highest BCUT2D eigenvalue weighted by Gasteiger charge is 2.22. The smallest absolute Gasteiger partial charge is 0.224 e. The third-order valence-electron chi connectivity index (χ3n) is 2.91. The van der Waals surface area contributed by atoms with Crippen LogP contribution in [0.3, 0.4) is 0 Å². The number of aliphatic hydroxyl groups excluding tert-OH is 1. The lowest BCUT2D eigenvalue weighted by molar-refractivity contribution is -0.133. The van der Waals surface area contributed by atoms with Crippen LogP contribution in [0.15, 0.2) is 0 Å². The molecule has 3 N–H and O–H groups in total. The molecule has 1 unspecified atom stereocenters. The Labute approximate surface area is 91.4 Å². The van der Waals surface area contributed by atoms with Crippen LogP contribution in [0, 0.1) is 0 Å². The molecule has 1 saturated heterocycles. The number of piperidine rings is 1. The lowest BCUT2D eigenvalue weighted by atomic mass is 10.1. The minimum atomic E-state index is -0.224. The number of carbonyl (C=O) groups excluding carboxylic acids is 1. The summed E-state index contributed by atoms with van der Waals surface area (Å²) in [4.78, 5) is 13.6. The standard InChI is InChI=1S/C11H22N2O2/c1-2-3-9(12)8-11(15)13-6-4-10(14)5-7-13/h9-10,14H,2-8,12H2,1H3. The van der Waals surface area contributed by atoms with Crippen molar-refractivity contribution in [3.8, 4) is 0 Å². The molecule has 0 spiro atoms. The van der Waals surface area contributed by atoms with Gasteiger partial charge in [-0.3, -0.25) is 4.79 Å². The molecule has 1 rings (SSSR count). The van der Waals surface area contributed by atoms with Crippen molar-refractivity contribution in [1.29, 1.82) is 0 Å². The van der Waals surface area contributed by atoms with E-state index in [1.54, 1.807) is 0 Å². The second kappa shape index (κ2) is 6.08. The van der Waals surface area contributed by atoms with Gasteiger partial charge in [-0.2, -0.15) is 0 Å². The molecule has 0 bridgehead atoms. The number of likely N-dealkylation sites (tertiary alicyclic amines) is 1. The third-order valence-corrected chi connectivity index (χ3v) is 2.91. The Hall–Kier alpha value is -0.610. The maximum absolute atomic E-state index is 11.8. The van der Waals surface area contributed by atoms with Gasteiger partial charge in [0.1, 0.15) is 0 Å². The van der Waals surface area contributed by atoms with Crippen molar-refractivity contribution in [2.24, 2.45) is 5.73 Å². The molecule has 1 amide bonds. The Morgan fingerprint density at radius 1 is 1.53 bits per heavy atom. The Balaban J connectivity index is 2.27. The summed E-state index contributed by atoms with van der Waals surface area (Å²) < 4.78 is 0. The second-order valence-corrected chi connectivity index (χ2v) is 4.36. The van der Waals surface area contributed by atoms with Crippen LogP contribution in [0.5, 0.6) is 0 Å². The fraction of sp³-hybridized carbons (Fsp3) is 0.909. The van der Waals surface area contributed by atoms with Crippen molar-refractivity contribution < 1.29 is 9.90 Å². The Morgan fingerprint density at radius 3 is 2.67 bits per heavy atom. The predicted octanol–water partition coefficient (Wildman–Crippen LogP) is 0.487. The number of amides is 1. The van der Waals surface area contributed by atoms with E-state index in [0.717, 1.165) is 12.8 Å². The van der Waals surface area contributed by atoms with Crippen molar-refractivity contribution in [2.75, 3.05) is 13.1 Å². The van der Waals surface area contributed by atoms with Crippen molar-refractivity contribution in [2.45, 2.75) is 51.2 Å². The highest BCUT2D eigenvalue weighted by Crippen LogP contribution is 2.12. The molecule has 1 atom stereocenters. The zero-order chi connectivity index (χ0) is 11.3. The van der Waals surface area contributed by atoms with Crippen molar-refractivity contribution in [1.82, 2.24) is 4.90 Å². The van der Waals surface area contributed by atoms with Gasteiger partial charge in [-0.25, -0.2) is 0 Å². The number of hydrogen-bond acceptors (Lipinski definition) is 3. The summed E-state index contributed by atoms with van der Waals surface area (Å²) in [6.45, 7) is 3.43. The molecule has 0 saturated carbocycles. The molecule has 0 aromatic rings. The molecule has 4 heteroatoms. The van der Waals surface area contributed by atoms with Crippen molar-refractivity contribution in [3.63, 3.8) is 0 Å². The summed E-state index contributed by atoms with van der Waals surface area (Å²) in [6, 6.07) is -0.00523. The van der Waals surface area contributed by atoms with Gasteiger partial charge in [-0.05, 0) is 19.3 Å². The average molecular weight is 214 g/mol. The van der Waals surface area contributed by atoms with Gasteiger partial charge in [0.2, 0.25) is 5.91 Å². The van der Waals surface area contributed by atoms with Gasteiger partial charge in [-0.15, -0.1) is 0 Å². The van der Waals surface area contributed by atoms with E-state index in [0.29, 0.717) is 32.4 Å². The number of aliphatic hydroxyl groups is 1. The first kappa shape index (κ1) is 12.5. The van der Waals surface area contributed by atoms with E-state index >= 15 is 0 Å². The Bertz CT molecular complexity index is 201. The van der Waals surface area contributed by atoms with E-state index in [-0.39, 0.29) is 18.1 Å². The lowest BCUT2D eigenvalue weighted by Crippen LogP contribution is -2.42. The summed E-state index contributed by atoms with van der Waals surface area (Å²) >= 11 is 0. The lowest BCUT2D eigenvalue weighted by Gasteiger charge is -2.30. The fourth-order valence-corrected chi connectivity index (χ4v) is 1.94. The number of nitrogens with two attached hydrogens (primary N) is 1. The molecule has 0 aromatic carbocycles. The van der Waals surface area contributed by atoms with Crippen LogP contribution in [0.4, 0.5) is 0 Å². The largest absolute Gasteiger partial charge is 0.393 e. The van der Waals surface area contributed by atoms with Crippen LogP contribution in [0.2, 0.25) is 0 Å². The maximum Gasteiger partial charge on any atom is 0.224 e. The van der Waals surface area contributed by atoms with Crippen LogP contribution in [-0.4, -0.2) is 41.1 Å². The fourth-order valence-electron chi connectivity index (χ4n) is 1.94. The third kappa shape index (κ3) is 4.18. The van der Waals surface area contributed by atoms with E-state index in [4.69, 9.17) is 5.73 Å². The molecule has 88 valence electrons. The molecule has 4 nitrogen and oxygen atoms in total. The van der Waals surface area contributed by atoms with Gasteiger partial charge < -0.3 is 15.7 Å². The van der Waals surface area contributed by atoms with E-state index in [1.807, 2.05) is 4.90 Å². The number of hydrogen-bond donors (Lipinski definition) is 2. The molecule has 1 aliphatic rings. The topological polar surface area (TPSA) is 66.6 Å². The van der Waals surface area contributed by atoms with E-state index in [9.17, 15) is 9.90 Å². The number of rotatable bonds is 4. The van der Waals surface area contributed by atoms with E-state index in [1.165, 1.54) is 0 Å². The molecule has 1 fully saturated rings. The summed E-state index contributed by atoms with van der Waals surface area (Å²) in [7, 11) is 0. The monoisotopic (exact) mass is 214 g/mol. The molecule has 0 aromatic heterocycles. The maximum atomic E-state index is 11.8. The van der Waals surface area contributed by atoms with Crippen LogP contribution in [-0.2, 0) is 4.79 Å². The minimum absolute atomic E-state index is 0.00523.